The topological polar surface area (TPSA) is 44.5 Å². The van der Waals surface area contributed by atoms with Crippen molar-refractivity contribution >= 4 is 41.0 Å². The molecule has 0 radical (unpaired) electrons. The van der Waals surface area contributed by atoms with Crippen LogP contribution in [-0.4, -0.2) is 26.7 Å². The zero-order valence-electron chi connectivity index (χ0n) is 16.5. The minimum atomic E-state index is 0.271. The van der Waals surface area contributed by atoms with Gasteiger partial charge < -0.3 is 0 Å². The molecule has 156 valence electrons. The van der Waals surface area contributed by atoms with Crippen molar-refractivity contribution in [1.82, 2.24) is 4.98 Å². The summed E-state index contributed by atoms with van der Waals surface area (Å²) >= 11 is 0.323. The van der Waals surface area contributed by atoms with Crippen molar-refractivity contribution in [2.24, 2.45) is 0 Å². The number of fused-ring (bicyclic) bond motifs is 1. The molecule has 0 unspecified atom stereocenters. The van der Waals surface area contributed by atoms with E-state index in [1.807, 2.05) is 48.9 Å². The number of nitrogens with zero attached hydrogens (tertiary/aromatic N) is 1. The third kappa shape index (κ3) is 4.96. The fraction of sp³-hybridized carbons (Fsp3) is 0.125. The van der Waals surface area contributed by atoms with Crippen LogP contribution in [0.2, 0.25) is 0 Å². The van der Waals surface area contributed by atoms with E-state index in [1.54, 1.807) is 21.6 Å². The molecule has 4 nitrogen and oxygen atoms in total. The van der Waals surface area contributed by atoms with Gasteiger partial charge in [-0.3, -0.25) is 0 Å². The Morgan fingerprint density at radius 2 is 1.81 bits per heavy atom. The Bertz CT molecular complexity index is 1150. The van der Waals surface area contributed by atoms with Crippen molar-refractivity contribution in [3.8, 4) is 22.8 Å². The first kappa shape index (κ1) is 20.6. The number of rotatable bonds is 8. The molecule has 0 saturated carbocycles. The van der Waals surface area contributed by atoms with Crippen LogP contribution in [0.3, 0.4) is 0 Å². The maximum atomic E-state index is 6.11. The van der Waals surface area contributed by atoms with Crippen LogP contribution in [0, 0.1) is 0 Å². The Hall–Kier alpha value is -2.31. The summed E-state index contributed by atoms with van der Waals surface area (Å²) in [5.41, 5.74) is 3.53. The van der Waals surface area contributed by atoms with Gasteiger partial charge in [0.25, 0.3) is 0 Å². The first-order chi connectivity index (χ1) is 15.4. The predicted molar refractivity (Wildman–Crippen MR) is 127 cm³/mol. The Morgan fingerprint density at radius 1 is 0.935 bits per heavy atom. The van der Waals surface area contributed by atoms with Gasteiger partial charge >= 0.3 is 196 Å². The second kappa shape index (κ2) is 9.88. The van der Waals surface area contributed by atoms with Crippen LogP contribution in [0.25, 0.3) is 11.3 Å². The zero-order chi connectivity index (χ0) is 20.9. The van der Waals surface area contributed by atoms with Gasteiger partial charge in [-0.25, -0.2) is 0 Å². The number of pyridine rings is 1. The molecule has 0 fully saturated rings. The van der Waals surface area contributed by atoms with Crippen molar-refractivity contribution < 1.29 is 13.9 Å². The first-order valence-corrected chi connectivity index (χ1v) is 14.1. The molecule has 0 spiro atoms. The standard InChI is InChI=1S/C24H19NO3S2Se/c1-2-6-19(7-3-1)31-15-20-18(14-29-30-23-8-4-5-11-25-23)13-26-24(20)17-9-10-21-22(12-17)28-16-27-21/h1-13H,14-16H2. The number of benzene rings is 2. The normalized spacial score (nSPS) is 12.3. The molecule has 0 atom stereocenters. The van der Waals surface area contributed by atoms with Crippen LogP contribution >= 0.6 is 21.6 Å². The Balaban J connectivity index is 1.38. The van der Waals surface area contributed by atoms with Crippen LogP contribution in [0.5, 0.6) is 11.5 Å². The van der Waals surface area contributed by atoms with Crippen molar-refractivity contribution in [2.75, 3.05) is 6.79 Å². The van der Waals surface area contributed by atoms with Gasteiger partial charge in [-0.15, -0.1) is 0 Å². The van der Waals surface area contributed by atoms with Gasteiger partial charge in [0, 0.05) is 0 Å². The second-order valence-corrected chi connectivity index (χ2v) is 11.3. The number of ether oxygens (including phenoxy) is 2. The van der Waals surface area contributed by atoms with E-state index in [-0.39, 0.29) is 6.79 Å². The van der Waals surface area contributed by atoms with Gasteiger partial charge in [0.2, 0.25) is 0 Å². The van der Waals surface area contributed by atoms with Gasteiger partial charge in [-0.05, 0) is 0 Å². The van der Waals surface area contributed by atoms with E-state index in [1.165, 1.54) is 15.6 Å². The average molecular weight is 513 g/mol. The van der Waals surface area contributed by atoms with Crippen LogP contribution in [0.1, 0.15) is 11.1 Å². The van der Waals surface area contributed by atoms with E-state index < -0.39 is 0 Å². The molecule has 5 rings (SSSR count). The molecule has 0 aliphatic carbocycles. The molecule has 0 N–H and O–H groups in total. The minimum absolute atomic E-state index is 0.271. The number of hydrogen-bond acceptors (Lipinski definition) is 6. The summed E-state index contributed by atoms with van der Waals surface area (Å²) in [5.74, 6) is 3.34. The van der Waals surface area contributed by atoms with Crippen LogP contribution < -0.4 is 13.9 Å². The summed E-state index contributed by atoms with van der Waals surface area (Å²) in [6, 6.07) is 22.7. The predicted octanol–water partition coefficient (Wildman–Crippen LogP) is 5.54. The molecule has 7 heteroatoms. The molecule has 4 aromatic rings. The van der Waals surface area contributed by atoms with Crippen molar-refractivity contribution in [3.63, 3.8) is 0 Å². The van der Waals surface area contributed by atoms with Crippen molar-refractivity contribution in [1.29, 1.82) is 0 Å². The molecule has 0 amide bonds. The third-order valence-electron chi connectivity index (χ3n) is 4.74. The fourth-order valence-corrected chi connectivity index (χ4v) is 7.25. The molecule has 1 aliphatic heterocycles. The van der Waals surface area contributed by atoms with Crippen LogP contribution in [0.4, 0.5) is 0 Å². The van der Waals surface area contributed by atoms with Crippen molar-refractivity contribution in [2.45, 2.75) is 16.1 Å². The van der Waals surface area contributed by atoms with E-state index in [4.69, 9.17) is 13.9 Å². The summed E-state index contributed by atoms with van der Waals surface area (Å²) in [4.78, 5) is 4.39. The zero-order valence-corrected chi connectivity index (χ0v) is 19.9. The van der Waals surface area contributed by atoms with E-state index in [9.17, 15) is 0 Å². The maximum absolute atomic E-state index is 6.11. The SMILES string of the molecule is c1ccc([Se]Cc2c(CSSc3ccccn3)coc2-c2ccc3c(c2)OCO3)cc1. The van der Waals surface area contributed by atoms with Gasteiger partial charge in [-0.2, -0.15) is 0 Å². The average Bonchev–Trinajstić information content (AvgIpc) is 3.45. The summed E-state index contributed by atoms with van der Waals surface area (Å²) in [6.45, 7) is 0.271. The van der Waals surface area contributed by atoms with E-state index in [0.29, 0.717) is 15.0 Å². The molecular weight excluding hydrogens is 493 g/mol. The molecule has 2 aromatic carbocycles. The molecule has 1 aliphatic rings. The van der Waals surface area contributed by atoms with Gasteiger partial charge in [-0.1, -0.05) is 0 Å². The summed E-state index contributed by atoms with van der Waals surface area (Å²) in [6.07, 6.45) is 3.73. The van der Waals surface area contributed by atoms with Gasteiger partial charge in [0.15, 0.2) is 0 Å². The number of aromatic nitrogens is 1. The molecule has 0 saturated heterocycles. The van der Waals surface area contributed by atoms with Crippen molar-refractivity contribution in [3.05, 3.63) is 90.3 Å². The van der Waals surface area contributed by atoms with E-state index >= 15 is 0 Å². The Labute approximate surface area is 195 Å². The van der Waals surface area contributed by atoms with Gasteiger partial charge in [0.05, 0.1) is 0 Å². The second-order valence-electron chi connectivity index (χ2n) is 6.75. The molecule has 0 bridgehead atoms. The number of furan rings is 1. The number of hydrogen-bond donors (Lipinski definition) is 0. The summed E-state index contributed by atoms with van der Waals surface area (Å²) in [5, 5.41) is 1.99. The summed E-state index contributed by atoms with van der Waals surface area (Å²) in [7, 11) is 3.47. The van der Waals surface area contributed by atoms with Gasteiger partial charge in [0.1, 0.15) is 0 Å². The molecule has 2 aromatic heterocycles. The molecule has 3 heterocycles. The fourth-order valence-electron chi connectivity index (χ4n) is 3.20. The Morgan fingerprint density at radius 3 is 2.68 bits per heavy atom. The molecular formula is C24H19NO3S2Se. The quantitative estimate of drug-likeness (QED) is 0.228. The summed E-state index contributed by atoms with van der Waals surface area (Å²) < 4.78 is 18.5. The monoisotopic (exact) mass is 513 g/mol. The van der Waals surface area contributed by atoms with Crippen LogP contribution in [0.15, 0.2) is 88.6 Å². The molecule has 31 heavy (non-hydrogen) atoms. The first-order valence-electron chi connectivity index (χ1n) is 9.74. The Kier molecular flexibility index (Phi) is 6.56. The third-order valence-corrected chi connectivity index (χ3v) is 9.10. The van der Waals surface area contributed by atoms with E-state index in [2.05, 4.69) is 35.3 Å². The van der Waals surface area contributed by atoms with Crippen LogP contribution in [-0.2, 0) is 11.1 Å². The van der Waals surface area contributed by atoms with E-state index in [0.717, 1.165) is 38.9 Å².